The Morgan fingerprint density at radius 1 is 1.05 bits per heavy atom. The minimum Gasteiger partial charge on any atom is -0.343 e. The van der Waals surface area contributed by atoms with Crippen LogP contribution in [0.1, 0.15) is 11.1 Å². The summed E-state index contributed by atoms with van der Waals surface area (Å²) in [4.78, 5) is 0. The highest BCUT2D eigenvalue weighted by Gasteiger charge is 2.06. The van der Waals surface area contributed by atoms with Gasteiger partial charge in [-0.2, -0.15) is 5.26 Å². The standard InChI is InChI=1S/C16H10Cl2N2/c17-14-3-4-16-12(8-14)5-6-20(16)10-13-2-1-11(9-19)7-15(13)18/h1-8H,10H2. The molecule has 0 fully saturated rings. The molecule has 0 aliphatic rings. The van der Waals surface area contributed by atoms with Gasteiger partial charge in [0.25, 0.3) is 0 Å². The molecule has 0 radical (unpaired) electrons. The summed E-state index contributed by atoms with van der Waals surface area (Å²) < 4.78 is 2.11. The van der Waals surface area contributed by atoms with Crippen molar-refractivity contribution < 1.29 is 0 Å². The van der Waals surface area contributed by atoms with Gasteiger partial charge in [-0.1, -0.05) is 29.3 Å². The maximum atomic E-state index is 8.85. The largest absolute Gasteiger partial charge is 0.343 e. The fourth-order valence-electron chi connectivity index (χ4n) is 2.24. The average molecular weight is 301 g/mol. The predicted molar refractivity (Wildman–Crippen MR) is 82.2 cm³/mol. The summed E-state index contributed by atoms with van der Waals surface area (Å²) in [5.41, 5.74) is 2.66. The first-order valence-electron chi connectivity index (χ1n) is 6.10. The van der Waals surface area contributed by atoms with Gasteiger partial charge in [0.2, 0.25) is 0 Å². The van der Waals surface area contributed by atoms with Gasteiger partial charge < -0.3 is 4.57 Å². The SMILES string of the molecule is N#Cc1ccc(Cn2ccc3cc(Cl)ccc32)c(Cl)c1. The van der Waals surface area contributed by atoms with Crippen LogP contribution in [0.25, 0.3) is 10.9 Å². The summed E-state index contributed by atoms with van der Waals surface area (Å²) in [5, 5.41) is 11.3. The minimum absolute atomic E-state index is 0.572. The van der Waals surface area contributed by atoms with Gasteiger partial charge >= 0.3 is 0 Å². The average Bonchev–Trinajstić information content (AvgIpc) is 2.83. The van der Waals surface area contributed by atoms with Crippen LogP contribution in [0.3, 0.4) is 0 Å². The molecule has 0 saturated heterocycles. The number of hydrogen-bond donors (Lipinski definition) is 0. The summed E-state index contributed by atoms with van der Waals surface area (Å²) in [7, 11) is 0. The topological polar surface area (TPSA) is 28.7 Å². The number of nitrogens with zero attached hydrogens (tertiary/aromatic N) is 2. The number of rotatable bonds is 2. The van der Waals surface area contributed by atoms with E-state index in [4.69, 9.17) is 28.5 Å². The van der Waals surface area contributed by atoms with Crippen molar-refractivity contribution in [2.75, 3.05) is 0 Å². The monoisotopic (exact) mass is 300 g/mol. The van der Waals surface area contributed by atoms with Gasteiger partial charge in [0, 0.05) is 33.7 Å². The molecule has 0 unspecified atom stereocenters. The number of nitriles is 1. The van der Waals surface area contributed by atoms with Gasteiger partial charge in [-0.25, -0.2) is 0 Å². The van der Waals surface area contributed by atoms with Crippen molar-refractivity contribution in [3.8, 4) is 6.07 Å². The maximum absolute atomic E-state index is 8.85. The van der Waals surface area contributed by atoms with Crippen molar-refractivity contribution in [3.05, 3.63) is 69.8 Å². The first-order valence-corrected chi connectivity index (χ1v) is 6.86. The number of halogens is 2. The second-order valence-corrected chi connectivity index (χ2v) is 5.41. The molecule has 1 heterocycles. The molecular weight excluding hydrogens is 291 g/mol. The Bertz CT molecular complexity index is 828. The van der Waals surface area contributed by atoms with Crippen LogP contribution < -0.4 is 0 Å². The first-order chi connectivity index (χ1) is 9.67. The van der Waals surface area contributed by atoms with Gasteiger partial charge in [0.15, 0.2) is 0 Å². The van der Waals surface area contributed by atoms with Crippen molar-refractivity contribution in [1.29, 1.82) is 5.26 Å². The molecule has 2 nitrogen and oxygen atoms in total. The lowest BCUT2D eigenvalue weighted by atomic mass is 10.1. The molecule has 3 rings (SSSR count). The first kappa shape index (κ1) is 13.1. The van der Waals surface area contributed by atoms with Gasteiger partial charge in [-0.3, -0.25) is 0 Å². The number of hydrogen-bond acceptors (Lipinski definition) is 1. The molecule has 0 bridgehead atoms. The van der Waals surface area contributed by atoms with E-state index in [-0.39, 0.29) is 0 Å². The highest BCUT2D eigenvalue weighted by molar-refractivity contribution is 6.31. The van der Waals surface area contributed by atoms with Gasteiger partial charge in [-0.05, 0) is 42.0 Å². The van der Waals surface area contributed by atoms with E-state index >= 15 is 0 Å². The highest BCUT2D eigenvalue weighted by atomic mass is 35.5. The van der Waals surface area contributed by atoms with Crippen molar-refractivity contribution in [2.24, 2.45) is 0 Å². The molecule has 20 heavy (non-hydrogen) atoms. The Hall–Kier alpha value is -1.95. The van der Waals surface area contributed by atoms with Crippen LogP contribution >= 0.6 is 23.2 Å². The molecule has 4 heteroatoms. The van der Waals surface area contributed by atoms with Crippen LogP contribution in [0.2, 0.25) is 10.0 Å². The van der Waals surface area contributed by atoms with Gasteiger partial charge in [0.1, 0.15) is 0 Å². The van der Waals surface area contributed by atoms with E-state index in [1.54, 1.807) is 12.1 Å². The lowest BCUT2D eigenvalue weighted by molar-refractivity contribution is 0.837. The Kier molecular flexibility index (Phi) is 3.40. The zero-order chi connectivity index (χ0) is 14.1. The van der Waals surface area contributed by atoms with E-state index in [0.29, 0.717) is 17.1 Å². The molecule has 2 aromatic carbocycles. The van der Waals surface area contributed by atoms with E-state index in [0.717, 1.165) is 21.5 Å². The molecule has 0 amide bonds. The molecule has 0 aliphatic heterocycles. The van der Waals surface area contributed by atoms with E-state index in [1.165, 1.54) is 0 Å². The van der Waals surface area contributed by atoms with Crippen molar-refractivity contribution >= 4 is 34.1 Å². The molecule has 0 N–H and O–H groups in total. The van der Waals surface area contributed by atoms with Crippen LogP contribution in [0, 0.1) is 11.3 Å². The summed E-state index contributed by atoms with van der Waals surface area (Å²) in [6.45, 7) is 0.662. The van der Waals surface area contributed by atoms with E-state index in [9.17, 15) is 0 Å². The van der Waals surface area contributed by atoms with Crippen molar-refractivity contribution in [2.45, 2.75) is 6.54 Å². The Balaban J connectivity index is 1.99. The summed E-state index contributed by atoms with van der Waals surface area (Å²) >= 11 is 12.2. The molecule has 98 valence electrons. The van der Waals surface area contributed by atoms with Crippen LogP contribution in [0.15, 0.2) is 48.7 Å². The summed E-state index contributed by atoms with van der Waals surface area (Å²) in [5.74, 6) is 0. The van der Waals surface area contributed by atoms with E-state index in [2.05, 4.69) is 10.6 Å². The Morgan fingerprint density at radius 2 is 1.90 bits per heavy atom. The normalized spacial score (nSPS) is 10.7. The van der Waals surface area contributed by atoms with E-state index in [1.807, 2.05) is 36.5 Å². The van der Waals surface area contributed by atoms with E-state index < -0.39 is 0 Å². The maximum Gasteiger partial charge on any atom is 0.0992 e. The fourth-order valence-corrected chi connectivity index (χ4v) is 2.66. The third-order valence-corrected chi connectivity index (χ3v) is 3.84. The summed E-state index contributed by atoms with van der Waals surface area (Å²) in [6.07, 6.45) is 2.01. The lowest BCUT2D eigenvalue weighted by Gasteiger charge is -2.08. The number of benzene rings is 2. The quantitative estimate of drug-likeness (QED) is 0.664. The second-order valence-electron chi connectivity index (χ2n) is 4.56. The Labute approximate surface area is 126 Å². The number of fused-ring (bicyclic) bond motifs is 1. The number of aromatic nitrogens is 1. The lowest BCUT2D eigenvalue weighted by Crippen LogP contribution is -1.98. The second kappa shape index (κ2) is 5.20. The molecule has 0 spiro atoms. The highest BCUT2D eigenvalue weighted by Crippen LogP contribution is 2.24. The van der Waals surface area contributed by atoms with Crippen LogP contribution in [-0.4, -0.2) is 4.57 Å². The van der Waals surface area contributed by atoms with Crippen LogP contribution in [0.4, 0.5) is 0 Å². The van der Waals surface area contributed by atoms with Gasteiger partial charge in [0.05, 0.1) is 11.6 Å². The Morgan fingerprint density at radius 3 is 2.65 bits per heavy atom. The zero-order valence-corrected chi connectivity index (χ0v) is 12.0. The molecule has 0 aliphatic carbocycles. The van der Waals surface area contributed by atoms with Crippen LogP contribution in [-0.2, 0) is 6.54 Å². The molecule has 0 atom stereocenters. The van der Waals surface area contributed by atoms with Gasteiger partial charge in [-0.15, -0.1) is 0 Å². The van der Waals surface area contributed by atoms with Crippen molar-refractivity contribution in [3.63, 3.8) is 0 Å². The van der Waals surface area contributed by atoms with Crippen LogP contribution in [0.5, 0.6) is 0 Å². The molecule has 1 aromatic heterocycles. The molecule has 3 aromatic rings. The molecule has 0 saturated carbocycles. The minimum atomic E-state index is 0.572. The third kappa shape index (κ3) is 2.38. The van der Waals surface area contributed by atoms with Crippen molar-refractivity contribution in [1.82, 2.24) is 4.57 Å². The summed E-state index contributed by atoms with van der Waals surface area (Å²) in [6, 6.07) is 15.3. The molecular formula is C16H10Cl2N2. The fraction of sp³-hybridized carbons (Fsp3) is 0.0625. The predicted octanol–water partition coefficient (Wildman–Crippen LogP) is 4.87. The smallest absolute Gasteiger partial charge is 0.0992 e. The zero-order valence-electron chi connectivity index (χ0n) is 10.5. The third-order valence-electron chi connectivity index (χ3n) is 3.26.